The Hall–Kier alpha value is -2.55. The summed E-state index contributed by atoms with van der Waals surface area (Å²) in [7, 11) is 0. The highest BCUT2D eigenvalue weighted by Gasteiger charge is 2.27. The zero-order valence-corrected chi connectivity index (χ0v) is 17.4. The summed E-state index contributed by atoms with van der Waals surface area (Å²) in [5, 5.41) is 6.87. The van der Waals surface area contributed by atoms with Gasteiger partial charge in [0.2, 0.25) is 5.96 Å². The Morgan fingerprint density at radius 1 is 1.20 bits per heavy atom. The standard InChI is InChI=1S/C21H24ClF2N5O/c1-3-12(2)25-21(27-20(30)13-4-6-15(22)7-5-13)26-19-11-18(28-29-19)14-8-16(23)10-17(24)9-14/h4-10,12,18-19,28-29H,3,11H2,1-2H3,(H2,25,26,27,30). The summed E-state index contributed by atoms with van der Waals surface area (Å²) in [6, 6.07) is 9.68. The molecule has 1 heterocycles. The molecule has 30 heavy (non-hydrogen) atoms. The number of guanidine groups is 1. The molecule has 0 radical (unpaired) electrons. The molecule has 6 nitrogen and oxygen atoms in total. The van der Waals surface area contributed by atoms with Gasteiger partial charge in [-0.3, -0.25) is 4.79 Å². The maximum Gasteiger partial charge on any atom is 0.280 e. The molecule has 0 aliphatic carbocycles. The number of aliphatic imine (C=N–C) groups is 1. The lowest BCUT2D eigenvalue weighted by Gasteiger charge is -2.20. The van der Waals surface area contributed by atoms with Gasteiger partial charge in [0, 0.05) is 35.2 Å². The van der Waals surface area contributed by atoms with Crippen molar-refractivity contribution in [3.63, 3.8) is 0 Å². The van der Waals surface area contributed by atoms with Crippen molar-refractivity contribution >= 4 is 23.5 Å². The van der Waals surface area contributed by atoms with E-state index in [1.54, 1.807) is 24.3 Å². The third-order valence-corrected chi connectivity index (χ3v) is 5.05. The van der Waals surface area contributed by atoms with Crippen molar-refractivity contribution in [2.45, 2.75) is 44.9 Å². The second kappa shape index (κ2) is 9.97. The maximum atomic E-state index is 13.5. The molecule has 0 spiro atoms. The molecule has 1 aliphatic rings. The number of carbonyl (C=O) groups is 1. The molecule has 3 rings (SSSR count). The molecule has 2 aromatic carbocycles. The van der Waals surface area contributed by atoms with E-state index >= 15 is 0 Å². The number of halogens is 3. The first-order chi connectivity index (χ1) is 14.3. The molecule has 0 aromatic heterocycles. The van der Waals surface area contributed by atoms with E-state index in [1.807, 2.05) is 13.8 Å². The van der Waals surface area contributed by atoms with Gasteiger partial charge in [-0.05, 0) is 55.3 Å². The van der Waals surface area contributed by atoms with E-state index in [-0.39, 0.29) is 18.2 Å². The summed E-state index contributed by atoms with van der Waals surface area (Å²) in [5.41, 5.74) is 6.95. The molecule has 1 fully saturated rings. The number of carbonyl (C=O) groups excluding carboxylic acids is 1. The average Bonchev–Trinajstić information content (AvgIpc) is 3.16. The van der Waals surface area contributed by atoms with Gasteiger partial charge < -0.3 is 10.6 Å². The quantitative estimate of drug-likeness (QED) is 0.426. The molecule has 3 unspecified atom stereocenters. The third-order valence-electron chi connectivity index (χ3n) is 4.80. The maximum absolute atomic E-state index is 13.5. The minimum Gasteiger partial charge on any atom is -0.354 e. The molecule has 3 atom stereocenters. The Labute approximate surface area is 179 Å². The molecule has 1 aliphatic heterocycles. The first kappa shape index (κ1) is 22.1. The van der Waals surface area contributed by atoms with Crippen LogP contribution < -0.4 is 21.5 Å². The van der Waals surface area contributed by atoms with Crippen molar-refractivity contribution in [3.8, 4) is 0 Å². The van der Waals surface area contributed by atoms with Crippen molar-refractivity contribution in [1.29, 1.82) is 0 Å². The van der Waals surface area contributed by atoms with Crippen LogP contribution >= 0.6 is 11.6 Å². The second-order valence-electron chi connectivity index (χ2n) is 7.20. The average molecular weight is 436 g/mol. The predicted molar refractivity (Wildman–Crippen MR) is 113 cm³/mol. The van der Waals surface area contributed by atoms with Crippen molar-refractivity contribution in [1.82, 2.24) is 21.5 Å². The fraction of sp³-hybridized carbons (Fsp3) is 0.333. The SMILES string of the molecule is CCC(C)N/C(=N/C(=O)c1ccc(Cl)cc1)NC1CC(c2cc(F)cc(F)c2)NN1. The monoisotopic (exact) mass is 435 g/mol. The van der Waals surface area contributed by atoms with Gasteiger partial charge >= 0.3 is 0 Å². The van der Waals surface area contributed by atoms with Gasteiger partial charge in [0.05, 0.1) is 6.17 Å². The van der Waals surface area contributed by atoms with Crippen LogP contribution in [0.5, 0.6) is 0 Å². The first-order valence-corrected chi connectivity index (χ1v) is 10.1. The summed E-state index contributed by atoms with van der Waals surface area (Å²) in [5.74, 6) is -1.36. The highest BCUT2D eigenvalue weighted by Crippen LogP contribution is 2.23. The van der Waals surface area contributed by atoms with Crippen LogP contribution in [0.3, 0.4) is 0 Å². The summed E-state index contributed by atoms with van der Waals surface area (Å²) >= 11 is 5.87. The smallest absolute Gasteiger partial charge is 0.280 e. The predicted octanol–water partition coefficient (Wildman–Crippen LogP) is 3.66. The number of hydrogen-bond donors (Lipinski definition) is 4. The summed E-state index contributed by atoms with van der Waals surface area (Å²) < 4.78 is 27.0. The molecule has 2 aromatic rings. The van der Waals surface area contributed by atoms with Gasteiger partial charge in [0.1, 0.15) is 11.6 Å². The van der Waals surface area contributed by atoms with Crippen LogP contribution in [0.4, 0.5) is 8.78 Å². The Balaban J connectivity index is 1.72. The van der Waals surface area contributed by atoms with Crippen LogP contribution in [0, 0.1) is 11.6 Å². The van der Waals surface area contributed by atoms with Crippen molar-refractivity contribution in [3.05, 3.63) is 70.2 Å². The second-order valence-corrected chi connectivity index (χ2v) is 7.64. The van der Waals surface area contributed by atoms with Crippen LogP contribution in [0.2, 0.25) is 5.02 Å². The van der Waals surface area contributed by atoms with Crippen LogP contribution in [0.1, 0.15) is 48.7 Å². The molecule has 0 saturated carbocycles. The largest absolute Gasteiger partial charge is 0.354 e. The van der Waals surface area contributed by atoms with Gasteiger partial charge in [0.25, 0.3) is 5.91 Å². The number of nitrogens with zero attached hydrogens (tertiary/aromatic N) is 1. The molecule has 160 valence electrons. The van der Waals surface area contributed by atoms with E-state index in [9.17, 15) is 13.6 Å². The molecule has 1 amide bonds. The lowest BCUT2D eigenvalue weighted by Crippen LogP contribution is -2.51. The Bertz CT molecular complexity index is 902. The van der Waals surface area contributed by atoms with Crippen LogP contribution in [0.15, 0.2) is 47.5 Å². The molecule has 9 heteroatoms. The normalized spacial score (nSPS) is 20.1. The molecular weight excluding hydrogens is 412 g/mol. The van der Waals surface area contributed by atoms with E-state index in [1.165, 1.54) is 12.1 Å². The fourth-order valence-electron chi connectivity index (χ4n) is 3.01. The number of amides is 1. The van der Waals surface area contributed by atoms with Crippen LogP contribution in [-0.2, 0) is 0 Å². The lowest BCUT2D eigenvalue weighted by molar-refractivity contribution is 0.100. The van der Waals surface area contributed by atoms with E-state index in [0.29, 0.717) is 28.5 Å². The van der Waals surface area contributed by atoms with E-state index in [0.717, 1.165) is 12.5 Å². The molecule has 0 bridgehead atoms. The summed E-state index contributed by atoms with van der Waals surface area (Å²) in [4.78, 5) is 16.7. The number of hydrazine groups is 1. The highest BCUT2D eigenvalue weighted by atomic mass is 35.5. The van der Waals surface area contributed by atoms with Crippen LogP contribution in [0.25, 0.3) is 0 Å². The van der Waals surface area contributed by atoms with Crippen LogP contribution in [-0.4, -0.2) is 24.1 Å². The van der Waals surface area contributed by atoms with Crippen molar-refractivity contribution in [2.24, 2.45) is 4.99 Å². The highest BCUT2D eigenvalue weighted by molar-refractivity contribution is 6.30. The van der Waals surface area contributed by atoms with Gasteiger partial charge in [-0.1, -0.05) is 18.5 Å². The van der Waals surface area contributed by atoms with Gasteiger partial charge in [0.15, 0.2) is 0 Å². The molecular formula is C21H24ClF2N5O. The number of nitrogens with one attached hydrogen (secondary N) is 4. The van der Waals surface area contributed by atoms with Crippen molar-refractivity contribution < 1.29 is 13.6 Å². The Kier molecular flexibility index (Phi) is 7.36. The Morgan fingerprint density at radius 3 is 2.50 bits per heavy atom. The Morgan fingerprint density at radius 2 is 1.87 bits per heavy atom. The lowest BCUT2D eigenvalue weighted by atomic mass is 10.0. The van der Waals surface area contributed by atoms with E-state index in [4.69, 9.17) is 11.6 Å². The van der Waals surface area contributed by atoms with E-state index < -0.39 is 17.5 Å². The molecule has 4 N–H and O–H groups in total. The fourth-order valence-corrected chi connectivity index (χ4v) is 3.14. The molecule has 1 saturated heterocycles. The topological polar surface area (TPSA) is 77.5 Å². The van der Waals surface area contributed by atoms with Gasteiger partial charge in [-0.2, -0.15) is 4.99 Å². The minimum atomic E-state index is -0.627. The number of hydrogen-bond acceptors (Lipinski definition) is 3. The van der Waals surface area contributed by atoms with Gasteiger partial charge in [-0.15, -0.1) is 0 Å². The summed E-state index contributed by atoms with van der Waals surface area (Å²) in [6.07, 6.45) is 1.01. The summed E-state index contributed by atoms with van der Waals surface area (Å²) in [6.45, 7) is 3.99. The van der Waals surface area contributed by atoms with E-state index in [2.05, 4.69) is 26.5 Å². The number of rotatable bonds is 5. The van der Waals surface area contributed by atoms with Crippen molar-refractivity contribution in [2.75, 3.05) is 0 Å². The first-order valence-electron chi connectivity index (χ1n) is 9.72. The number of benzene rings is 2. The third kappa shape index (κ3) is 5.98. The zero-order valence-electron chi connectivity index (χ0n) is 16.7. The minimum absolute atomic E-state index is 0.0803. The van der Waals surface area contributed by atoms with Gasteiger partial charge in [-0.25, -0.2) is 19.6 Å². The zero-order chi connectivity index (χ0) is 21.7.